The number of nitrogens with zero attached hydrogens (tertiary/aromatic N) is 1. The first kappa shape index (κ1) is 17.9. The summed E-state index contributed by atoms with van der Waals surface area (Å²) >= 11 is 5.61. The molecule has 24 heavy (non-hydrogen) atoms. The van der Waals surface area contributed by atoms with E-state index in [0.29, 0.717) is 0 Å². The van der Waals surface area contributed by atoms with Crippen LogP contribution in [0.1, 0.15) is 12.5 Å². The second-order valence-electron chi connectivity index (χ2n) is 4.56. The van der Waals surface area contributed by atoms with Crippen LogP contribution >= 0.6 is 11.6 Å². The molecule has 0 saturated heterocycles. The van der Waals surface area contributed by atoms with E-state index in [4.69, 9.17) is 21.1 Å². The van der Waals surface area contributed by atoms with Crippen LogP contribution in [0.3, 0.4) is 0 Å². The number of benzene rings is 2. The summed E-state index contributed by atoms with van der Waals surface area (Å²) in [5, 5.41) is 10.4. The van der Waals surface area contributed by atoms with Gasteiger partial charge in [-0.1, -0.05) is 11.6 Å². The molecule has 0 N–H and O–H groups in total. The molecule has 0 fully saturated rings. The summed E-state index contributed by atoms with van der Waals surface area (Å²) in [6.07, 6.45) is -4.56. The number of hydrogen-bond donors (Lipinski definition) is 0. The predicted molar refractivity (Wildman–Crippen MR) is 80.8 cm³/mol. The van der Waals surface area contributed by atoms with Gasteiger partial charge in [0.2, 0.25) is 5.75 Å². The number of alkyl halides is 3. The SMILES string of the molecule is CCOc1cc(Oc2ccc(C(F)(F)F)c(Cl)c2)ccc1[N+](=O)[O-]. The average molecular weight is 362 g/mol. The highest BCUT2D eigenvalue weighted by Crippen LogP contribution is 2.38. The van der Waals surface area contributed by atoms with Crippen molar-refractivity contribution in [3.8, 4) is 17.2 Å². The zero-order valence-electron chi connectivity index (χ0n) is 12.3. The molecule has 0 unspecified atom stereocenters. The zero-order valence-corrected chi connectivity index (χ0v) is 13.0. The van der Waals surface area contributed by atoms with Crippen molar-refractivity contribution in [1.82, 2.24) is 0 Å². The molecule has 0 bridgehead atoms. The number of halogens is 4. The molecule has 0 aliphatic carbocycles. The molecule has 0 aliphatic rings. The van der Waals surface area contributed by atoms with E-state index in [1.807, 2.05) is 0 Å². The topological polar surface area (TPSA) is 61.6 Å². The maximum absolute atomic E-state index is 12.7. The number of rotatable bonds is 5. The number of nitro groups is 1. The van der Waals surface area contributed by atoms with Crippen molar-refractivity contribution in [3.05, 3.63) is 57.1 Å². The highest BCUT2D eigenvalue weighted by Gasteiger charge is 2.33. The van der Waals surface area contributed by atoms with E-state index >= 15 is 0 Å². The fourth-order valence-electron chi connectivity index (χ4n) is 1.91. The Balaban J connectivity index is 2.30. The van der Waals surface area contributed by atoms with E-state index in [0.717, 1.165) is 18.2 Å². The molecule has 5 nitrogen and oxygen atoms in total. The van der Waals surface area contributed by atoms with Crippen LogP contribution in [0.4, 0.5) is 18.9 Å². The lowest BCUT2D eigenvalue weighted by Crippen LogP contribution is -2.05. The number of nitro benzene ring substituents is 1. The lowest BCUT2D eigenvalue weighted by atomic mass is 10.2. The molecule has 2 aromatic rings. The second kappa shape index (κ2) is 6.96. The average Bonchev–Trinajstić information content (AvgIpc) is 2.46. The first-order chi connectivity index (χ1) is 11.2. The van der Waals surface area contributed by atoms with Gasteiger partial charge >= 0.3 is 11.9 Å². The Hall–Kier alpha value is -2.48. The van der Waals surface area contributed by atoms with Crippen molar-refractivity contribution in [2.24, 2.45) is 0 Å². The first-order valence-electron chi connectivity index (χ1n) is 6.68. The molecule has 0 saturated carbocycles. The Bertz CT molecular complexity index is 765. The van der Waals surface area contributed by atoms with Crippen LogP contribution in [0, 0.1) is 10.1 Å². The Morgan fingerprint density at radius 3 is 2.33 bits per heavy atom. The molecule has 2 aromatic carbocycles. The van der Waals surface area contributed by atoms with Crippen molar-refractivity contribution in [1.29, 1.82) is 0 Å². The monoisotopic (exact) mass is 361 g/mol. The van der Waals surface area contributed by atoms with Gasteiger partial charge < -0.3 is 9.47 Å². The maximum atomic E-state index is 12.7. The van der Waals surface area contributed by atoms with E-state index < -0.39 is 21.7 Å². The van der Waals surface area contributed by atoms with Crippen LogP contribution in [0.5, 0.6) is 17.2 Å². The molecular formula is C15H11ClF3NO4. The fraction of sp³-hybridized carbons (Fsp3) is 0.200. The van der Waals surface area contributed by atoms with E-state index in [9.17, 15) is 23.3 Å². The molecule has 9 heteroatoms. The Labute approximate surface area is 139 Å². The van der Waals surface area contributed by atoms with Gasteiger partial charge in [-0.2, -0.15) is 13.2 Å². The van der Waals surface area contributed by atoms with E-state index in [2.05, 4.69) is 0 Å². The van der Waals surface area contributed by atoms with E-state index in [1.165, 1.54) is 18.2 Å². The van der Waals surface area contributed by atoms with E-state index in [-0.39, 0.29) is 29.5 Å². The van der Waals surface area contributed by atoms with Crippen LogP contribution in [-0.2, 0) is 6.18 Å². The largest absolute Gasteiger partial charge is 0.487 e. The minimum absolute atomic E-state index is 0.00184. The van der Waals surface area contributed by atoms with Gasteiger partial charge in [-0.05, 0) is 25.1 Å². The van der Waals surface area contributed by atoms with Crippen LogP contribution in [-0.4, -0.2) is 11.5 Å². The summed E-state index contributed by atoms with van der Waals surface area (Å²) in [4.78, 5) is 10.3. The predicted octanol–water partition coefficient (Wildman–Crippen LogP) is 5.46. The third kappa shape index (κ3) is 4.08. The molecule has 0 atom stereocenters. The van der Waals surface area contributed by atoms with Crippen LogP contribution < -0.4 is 9.47 Å². The third-order valence-electron chi connectivity index (χ3n) is 2.91. The number of ether oxygens (including phenoxy) is 2. The van der Waals surface area contributed by atoms with Crippen molar-refractivity contribution < 1.29 is 27.6 Å². The van der Waals surface area contributed by atoms with E-state index in [1.54, 1.807) is 6.92 Å². The Kier molecular flexibility index (Phi) is 5.18. The highest BCUT2D eigenvalue weighted by atomic mass is 35.5. The summed E-state index contributed by atoms with van der Waals surface area (Å²) in [5.74, 6) is 0.224. The molecule has 2 rings (SSSR count). The molecule has 0 radical (unpaired) electrons. The number of hydrogen-bond acceptors (Lipinski definition) is 4. The Morgan fingerprint density at radius 1 is 1.17 bits per heavy atom. The minimum atomic E-state index is -4.56. The zero-order chi connectivity index (χ0) is 17.9. The lowest BCUT2D eigenvalue weighted by Gasteiger charge is -2.12. The normalized spacial score (nSPS) is 11.2. The lowest BCUT2D eigenvalue weighted by molar-refractivity contribution is -0.385. The van der Waals surface area contributed by atoms with Crippen molar-refractivity contribution >= 4 is 17.3 Å². The van der Waals surface area contributed by atoms with Gasteiger partial charge in [0.15, 0.2) is 0 Å². The smallest absolute Gasteiger partial charge is 0.417 e. The first-order valence-corrected chi connectivity index (χ1v) is 7.06. The summed E-state index contributed by atoms with van der Waals surface area (Å²) in [7, 11) is 0. The quantitative estimate of drug-likeness (QED) is 0.524. The molecular weight excluding hydrogens is 351 g/mol. The van der Waals surface area contributed by atoms with Gasteiger partial charge in [0.1, 0.15) is 11.5 Å². The summed E-state index contributed by atoms with van der Waals surface area (Å²) in [6, 6.07) is 6.71. The van der Waals surface area contributed by atoms with Gasteiger partial charge in [-0.15, -0.1) is 0 Å². The van der Waals surface area contributed by atoms with Gasteiger partial charge in [0.25, 0.3) is 0 Å². The molecule has 0 heterocycles. The third-order valence-corrected chi connectivity index (χ3v) is 3.22. The molecule has 0 aromatic heterocycles. The summed E-state index contributed by atoms with van der Waals surface area (Å²) < 4.78 is 48.5. The summed E-state index contributed by atoms with van der Waals surface area (Å²) in [5.41, 5.74) is -1.22. The molecule has 0 amide bonds. The standard InChI is InChI=1S/C15H11ClF3NO4/c1-2-23-14-8-10(4-6-13(14)20(21)22)24-9-3-5-11(12(16)7-9)15(17,18)19/h3-8H,2H2,1H3. The molecule has 0 aliphatic heterocycles. The van der Waals surface area contributed by atoms with Crippen molar-refractivity contribution in [2.45, 2.75) is 13.1 Å². The van der Waals surface area contributed by atoms with Gasteiger partial charge in [-0.25, -0.2) is 0 Å². The Morgan fingerprint density at radius 2 is 1.79 bits per heavy atom. The van der Waals surface area contributed by atoms with Gasteiger partial charge in [-0.3, -0.25) is 10.1 Å². The van der Waals surface area contributed by atoms with Crippen molar-refractivity contribution in [3.63, 3.8) is 0 Å². The highest BCUT2D eigenvalue weighted by molar-refractivity contribution is 6.31. The maximum Gasteiger partial charge on any atom is 0.417 e. The van der Waals surface area contributed by atoms with Gasteiger partial charge in [0, 0.05) is 18.2 Å². The minimum Gasteiger partial charge on any atom is -0.487 e. The van der Waals surface area contributed by atoms with Crippen molar-refractivity contribution in [2.75, 3.05) is 6.61 Å². The molecule has 128 valence electrons. The molecule has 0 spiro atoms. The fourth-order valence-corrected chi connectivity index (χ4v) is 2.18. The van der Waals surface area contributed by atoms with Gasteiger partial charge in [0.05, 0.1) is 22.1 Å². The van der Waals surface area contributed by atoms with Crippen LogP contribution in [0.25, 0.3) is 0 Å². The second-order valence-corrected chi connectivity index (χ2v) is 4.97. The van der Waals surface area contributed by atoms with Crippen LogP contribution in [0.15, 0.2) is 36.4 Å². The van der Waals surface area contributed by atoms with Crippen LogP contribution in [0.2, 0.25) is 5.02 Å². The summed E-state index contributed by atoms with van der Waals surface area (Å²) in [6.45, 7) is 1.86.